The van der Waals surface area contributed by atoms with E-state index < -0.39 is 17.4 Å². The Balaban J connectivity index is 0.000000494. The lowest BCUT2D eigenvalue weighted by Gasteiger charge is -2.23. The zero-order valence-electron chi connectivity index (χ0n) is 10.6. The van der Waals surface area contributed by atoms with Gasteiger partial charge in [0.25, 0.3) is 0 Å². The van der Waals surface area contributed by atoms with Crippen LogP contribution in [0.1, 0.15) is 33.1 Å². The molecule has 0 saturated heterocycles. The third-order valence-electron chi connectivity index (χ3n) is 2.57. The fourth-order valence-corrected chi connectivity index (χ4v) is 1.88. The lowest BCUT2D eigenvalue weighted by molar-refractivity contribution is -0.145. The van der Waals surface area contributed by atoms with Crippen LogP contribution in [-0.4, -0.2) is 27.5 Å². The molecule has 2 N–H and O–H groups in total. The van der Waals surface area contributed by atoms with Crippen LogP contribution >= 0.6 is 15.9 Å². The van der Waals surface area contributed by atoms with Crippen LogP contribution in [-0.2, 0) is 9.59 Å². The number of aliphatic carboxylic acids is 2. The van der Waals surface area contributed by atoms with Gasteiger partial charge >= 0.3 is 11.9 Å². The highest BCUT2D eigenvalue weighted by Crippen LogP contribution is 2.31. The Morgan fingerprint density at radius 1 is 1.44 bits per heavy atom. The zero-order valence-corrected chi connectivity index (χ0v) is 12.2. The lowest BCUT2D eigenvalue weighted by atomic mass is 9.80. The second kappa shape index (κ2) is 8.08. The van der Waals surface area contributed by atoms with Gasteiger partial charge < -0.3 is 10.2 Å². The molecule has 18 heavy (non-hydrogen) atoms. The van der Waals surface area contributed by atoms with Gasteiger partial charge in [0, 0.05) is 10.9 Å². The van der Waals surface area contributed by atoms with Crippen LogP contribution in [0.3, 0.4) is 0 Å². The summed E-state index contributed by atoms with van der Waals surface area (Å²) in [5.74, 6) is -2.06. The predicted octanol–water partition coefficient (Wildman–Crippen LogP) is 3.23. The summed E-state index contributed by atoms with van der Waals surface area (Å²) >= 11 is 3.31. The van der Waals surface area contributed by atoms with E-state index >= 15 is 0 Å². The van der Waals surface area contributed by atoms with E-state index in [4.69, 9.17) is 10.2 Å². The summed E-state index contributed by atoms with van der Waals surface area (Å²) < 4.78 is 0. The smallest absolute Gasteiger partial charge is 0.331 e. The van der Waals surface area contributed by atoms with E-state index in [0.29, 0.717) is 0 Å². The molecule has 1 atom stereocenters. The normalized spacial score (nSPS) is 21.6. The summed E-state index contributed by atoms with van der Waals surface area (Å²) in [5.41, 5.74) is -0.949. The number of hydrogen-bond acceptors (Lipinski definition) is 2. The van der Waals surface area contributed by atoms with E-state index in [0.717, 1.165) is 5.33 Å². The van der Waals surface area contributed by atoms with Gasteiger partial charge in [0.2, 0.25) is 0 Å². The number of allylic oxidation sites excluding steroid dienone is 2. The van der Waals surface area contributed by atoms with Gasteiger partial charge in [-0.25, -0.2) is 4.79 Å². The number of rotatable bonds is 4. The number of hydrogen-bond donors (Lipinski definition) is 2. The molecule has 0 aromatic rings. The quantitative estimate of drug-likeness (QED) is 0.780. The summed E-state index contributed by atoms with van der Waals surface area (Å²) in [6, 6.07) is 0. The van der Waals surface area contributed by atoms with Crippen molar-refractivity contribution in [2.75, 3.05) is 5.33 Å². The van der Waals surface area contributed by atoms with Gasteiger partial charge in [-0.3, -0.25) is 4.79 Å². The molecule has 1 rings (SSSR count). The maximum absolute atomic E-state index is 10.8. The standard InChI is InChI=1S/C9H10O4.C4H9Br/c1-9(8(12)13)4-2-3-6(5-9)7(10)11;1-2-3-4-5/h2-4H,5H2,1H3,(H,10,11)(H,12,13);2-4H2,1H3. The fourth-order valence-electron chi connectivity index (χ4n) is 1.32. The van der Waals surface area contributed by atoms with Crippen LogP contribution in [0, 0.1) is 5.41 Å². The fraction of sp³-hybridized carbons (Fsp3) is 0.538. The number of carboxylic acids is 2. The summed E-state index contributed by atoms with van der Waals surface area (Å²) in [5, 5.41) is 18.6. The van der Waals surface area contributed by atoms with Crippen molar-refractivity contribution in [2.24, 2.45) is 5.41 Å². The van der Waals surface area contributed by atoms with Crippen molar-refractivity contribution in [3.8, 4) is 0 Å². The van der Waals surface area contributed by atoms with Gasteiger partial charge in [0.05, 0.1) is 5.41 Å². The summed E-state index contributed by atoms with van der Waals surface area (Å²) in [7, 11) is 0. The molecule has 0 heterocycles. The summed E-state index contributed by atoms with van der Waals surface area (Å²) in [6.45, 7) is 3.68. The van der Waals surface area contributed by atoms with E-state index in [1.165, 1.54) is 38.0 Å². The van der Waals surface area contributed by atoms with Crippen LogP contribution in [0.2, 0.25) is 0 Å². The van der Waals surface area contributed by atoms with Crippen molar-refractivity contribution in [3.05, 3.63) is 23.8 Å². The Bertz CT molecular complexity index is 358. The van der Waals surface area contributed by atoms with E-state index in [9.17, 15) is 9.59 Å². The third-order valence-corrected chi connectivity index (χ3v) is 3.13. The monoisotopic (exact) mass is 318 g/mol. The molecular formula is C13H19BrO4. The molecule has 0 radical (unpaired) electrons. The van der Waals surface area contributed by atoms with Crippen molar-refractivity contribution in [3.63, 3.8) is 0 Å². The average molecular weight is 319 g/mol. The Labute approximate surface area is 116 Å². The molecular weight excluding hydrogens is 300 g/mol. The van der Waals surface area contributed by atoms with Crippen molar-refractivity contribution in [2.45, 2.75) is 33.1 Å². The van der Waals surface area contributed by atoms with Gasteiger partial charge in [-0.1, -0.05) is 47.5 Å². The Morgan fingerprint density at radius 3 is 2.39 bits per heavy atom. The maximum Gasteiger partial charge on any atom is 0.331 e. The Kier molecular flexibility index (Phi) is 7.59. The third kappa shape index (κ3) is 5.49. The van der Waals surface area contributed by atoms with Gasteiger partial charge in [-0.15, -0.1) is 0 Å². The first-order chi connectivity index (χ1) is 8.37. The highest BCUT2D eigenvalue weighted by molar-refractivity contribution is 9.09. The number of halogens is 1. The molecule has 1 unspecified atom stereocenters. The highest BCUT2D eigenvalue weighted by atomic mass is 79.9. The first kappa shape index (κ1) is 16.9. The zero-order chi connectivity index (χ0) is 14.2. The number of alkyl halides is 1. The maximum atomic E-state index is 10.8. The molecule has 0 aliphatic heterocycles. The molecule has 0 aromatic heterocycles. The minimum absolute atomic E-state index is 0.0359. The summed E-state index contributed by atoms with van der Waals surface area (Å²) in [6.07, 6.45) is 7.04. The summed E-state index contributed by atoms with van der Waals surface area (Å²) in [4.78, 5) is 21.3. The molecule has 102 valence electrons. The lowest BCUT2D eigenvalue weighted by Crippen LogP contribution is -2.28. The Hall–Kier alpha value is -1.10. The van der Waals surface area contributed by atoms with E-state index in [-0.39, 0.29) is 12.0 Å². The average Bonchev–Trinajstić information content (AvgIpc) is 2.30. The van der Waals surface area contributed by atoms with E-state index in [1.54, 1.807) is 0 Å². The topological polar surface area (TPSA) is 74.6 Å². The number of unbranched alkanes of at least 4 members (excludes halogenated alkanes) is 1. The van der Waals surface area contributed by atoms with Crippen LogP contribution in [0.15, 0.2) is 23.8 Å². The van der Waals surface area contributed by atoms with Crippen LogP contribution in [0.4, 0.5) is 0 Å². The van der Waals surface area contributed by atoms with Crippen molar-refractivity contribution < 1.29 is 19.8 Å². The van der Waals surface area contributed by atoms with Gasteiger partial charge in [-0.05, 0) is 19.8 Å². The molecule has 0 amide bonds. The van der Waals surface area contributed by atoms with Crippen molar-refractivity contribution >= 4 is 27.9 Å². The molecule has 0 bridgehead atoms. The first-order valence-electron chi connectivity index (χ1n) is 5.78. The molecule has 0 spiro atoms. The minimum atomic E-state index is -1.08. The molecule has 0 saturated carbocycles. The SMILES string of the molecule is CC1(C(=O)O)C=CC=C(C(=O)O)C1.CCCCBr. The van der Waals surface area contributed by atoms with Crippen molar-refractivity contribution in [1.82, 2.24) is 0 Å². The molecule has 0 fully saturated rings. The van der Waals surface area contributed by atoms with Gasteiger partial charge in [0.15, 0.2) is 0 Å². The largest absolute Gasteiger partial charge is 0.481 e. The van der Waals surface area contributed by atoms with Gasteiger partial charge in [-0.2, -0.15) is 0 Å². The number of carboxylic acid groups (broad SMARTS) is 2. The second-order valence-electron chi connectivity index (χ2n) is 4.30. The minimum Gasteiger partial charge on any atom is -0.481 e. The first-order valence-corrected chi connectivity index (χ1v) is 6.90. The van der Waals surface area contributed by atoms with E-state index in [1.807, 2.05) is 0 Å². The molecule has 1 aliphatic carbocycles. The predicted molar refractivity (Wildman–Crippen MR) is 73.9 cm³/mol. The Morgan fingerprint density at radius 2 is 2.06 bits per heavy atom. The molecule has 1 aliphatic rings. The highest BCUT2D eigenvalue weighted by Gasteiger charge is 2.34. The number of carbonyl (C=O) groups is 2. The van der Waals surface area contributed by atoms with Crippen LogP contribution < -0.4 is 0 Å². The molecule has 4 nitrogen and oxygen atoms in total. The van der Waals surface area contributed by atoms with Crippen LogP contribution in [0.25, 0.3) is 0 Å². The van der Waals surface area contributed by atoms with Crippen LogP contribution in [0.5, 0.6) is 0 Å². The van der Waals surface area contributed by atoms with Crippen molar-refractivity contribution in [1.29, 1.82) is 0 Å². The molecule has 0 aromatic carbocycles. The van der Waals surface area contributed by atoms with E-state index in [2.05, 4.69) is 22.9 Å². The second-order valence-corrected chi connectivity index (χ2v) is 5.09. The van der Waals surface area contributed by atoms with Gasteiger partial charge in [0.1, 0.15) is 0 Å². The molecule has 5 heteroatoms.